The van der Waals surface area contributed by atoms with Gasteiger partial charge in [-0.15, -0.1) is 0 Å². The second kappa shape index (κ2) is 5.93. The van der Waals surface area contributed by atoms with Crippen molar-refractivity contribution in [2.24, 2.45) is 0 Å². The minimum absolute atomic E-state index is 0.149. The van der Waals surface area contributed by atoms with Crippen LogP contribution in [0.25, 0.3) is 0 Å². The Morgan fingerprint density at radius 1 is 1.47 bits per heavy atom. The molecule has 0 bridgehead atoms. The zero-order chi connectivity index (χ0) is 12.8. The molecule has 0 unspecified atom stereocenters. The van der Waals surface area contributed by atoms with E-state index in [4.69, 9.17) is 4.74 Å². The van der Waals surface area contributed by atoms with Gasteiger partial charge in [0.05, 0.1) is 12.2 Å². The van der Waals surface area contributed by atoms with Gasteiger partial charge in [-0.05, 0) is 19.1 Å². The quantitative estimate of drug-likeness (QED) is 0.578. The molecule has 0 aliphatic heterocycles. The van der Waals surface area contributed by atoms with Crippen LogP contribution in [0.3, 0.4) is 0 Å². The number of aromatic nitrogens is 1. The van der Waals surface area contributed by atoms with Gasteiger partial charge in [-0.3, -0.25) is 9.59 Å². The van der Waals surface area contributed by atoms with Crippen LogP contribution in [-0.4, -0.2) is 42.0 Å². The van der Waals surface area contributed by atoms with Crippen molar-refractivity contribution in [3.05, 3.63) is 29.8 Å². The molecule has 0 aliphatic carbocycles. The molecule has 0 radical (unpaired) electrons. The minimum atomic E-state index is -0.658. The van der Waals surface area contributed by atoms with Gasteiger partial charge < -0.3 is 9.64 Å². The van der Waals surface area contributed by atoms with E-state index in [2.05, 4.69) is 4.98 Å². The summed E-state index contributed by atoms with van der Waals surface area (Å²) in [4.78, 5) is 27.5. The smallest absolute Gasteiger partial charge is 0.325 e. The van der Waals surface area contributed by atoms with Crippen molar-refractivity contribution in [1.82, 2.24) is 9.88 Å². The van der Waals surface area contributed by atoms with Crippen LogP contribution < -0.4 is 0 Å². The Bertz CT molecular complexity index is 406. The highest BCUT2D eigenvalue weighted by Crippen LogP contribution is 2.03. The molecule has 1 heterocycles. The van der Waals surface area contributed by atoms with Gasteiger partial charge in [-0.1, -0.05) is 0 Å². The highest BCUT2D eigenvalue weighted by atomic mass is 19.1. The molecule has 1 amide bonds. The molecule has 0 saturated carbocycles. The predicted molar refractivity (Wildman–Crippen MR) is 57.8 cm³/mol. The molecule has 1 aromatic heterocycles. The zero-order valence-corrected chi connectivity index (χ0v) is 9.64. The molecule has 0 atom stereocenters. The fourth-order valence-corrected chi connectivity index (χ4v) is 1.19. The Labute approximate surface area is 98.2 Å². The van der Waals surface area contributed by atoms with Crippen molar-refractivity contribution in [3.63, 3.8) is 0 Å². The van der Waals surface area contributed by atoms with Crippen molar-refractivity contribution in [3.8, 4) is 0 Å². The second-order valence-corrected chi connectivity index (χ2v) is 3.34. The minimum Gasteiger partial charge on any atom is -0.465 e. The molecule has 5 nitrogen and oxygen atoms in total. The lowest BCUT2D eigenvalue weighted by molar-refractivity contribution is -0.143. The Balaban J connectivity index is 2.63. The number of halogens is 1. The maximum Gasteiger partial charge on any atom is 0.325 e. The summed E-state index contributed by atoms with van der Waals surface area (Å²) >= 11 is 0. The first-order valence-corrected chi connectivity index (χ1v) is 5.07. The number of carbonyl (C=O) groups is 2. The number of rotatable bonds is 4. The number of esters is 1. The van der Waals surface area contributed by atoms with Crippen LogP contribution in [0, 0.1) is 5.95 Å². The third-order valence-electron chi connectivity index (χ3n) is 1.99. The van der Waals surface area contributed by atoms with Crippen LogP contribution >= 0.6 is 0 Å². The lowest BCUT2D eigenvalue weighted by Crippen LogP contribution is -2.33. The van der Waals surface area contributed by atoms with Crippen LogP contribution in [0.4, 0.5) is 4.39 Å². The first kappa shape index (κ1) is 13.1. The third-order valence-corrected chi connectivity index (χ3v) is 1.99. The molecule has 92 valence electrons. The maximum atomic E-state index is 12.6. The van der Waals surface area contributed by atoms with Gasteiger partial charge >= 0.3 is 5.97 Å². The summed E-state index contributed by atoms with van der Waals surface area (Å²) < 4.78 is 17.3. The Hall–Kier alpha value is -1.98. The lowest BCUT2D eigenvalue weighted by Gasteiger charge is -2.15. The summed E-state index contributed by atoms with van der Waals surface area (Å²) in [6.07, 6.45) is 1.12. The van der Waals surface area contributed by atoms with Crippen molar-refractivity contribution in [2.75, 3.05) is 20.2 Å². The van der Waals surface area contributed by atoms with Gasteiger partial charge in [0.15, 0.2) is 0 Å². The number of amides is 1. The fourth-order valence-electron chi connectivity index (χ4n) is 1.19. The third kappa shape index (κ3) is 3.82. The molecule has 0 fully saturated rings. The van der Waals surface area contributed by atoms with Crippen LogP contribution in [-0.2, 0) is 9.53 Å². The molecule has 6 heteroatoms. The fraction of sp³-hybridized carbons (Fsp3) is 0.364. The van der Waals surface area contributed by atoms with E-state index in [1.54, 1.807) is 6.92 Å². The summed E-state index contributed by atoms with van der Waals surface area (Å²) in [6, 6.07) is 2.40. The highest BCUT2D eigenvalue weighted by Gasteiger charge is 2.15. The molecule has 1 aromatic rings. The molecule has 17 heavy (non-hydrogen) atoms. The summed E-state index contributed by atoms with van der Waals surface area (Å²) in [7, 11) is 1.46. The van der Waals surface area contributed by atoms with Crippen LogP contribution in [0.2, 0.25) is 0 Å². The summed E-state index contributed by atoms with van der Waals surface area (Å²) in [5, 5.41) is 0. The van der Waals surface area contributed by atoms with Gasteiger partial charge in [-0.25, -0.2) is 4.98 Å². The zero-order valence-electron chi connectivity index (χ0n) is 9.64. The number of hydrogen-bond donors (Lipinski definition) is 0. The van der Waals surface area contributed by atoms with Crippen LogP contribution in [0.1, 0.15) is 17.3 Å². The molecule has 1 rings (SSSR count). The van der Waals surface area contributed by atoms with Crippen molar-refractivity contribution < 1.29 is 18.7 Å². The normalized spacial score (nSPS) is 9.82. The predicted octanol–water partition coefficient (Wildman–Crippen LogP) is 0.856. The summed E-state index contributed by atoms with van der Waals surface area (Å²) in [6.45, 7) is 1.80. The van der Waals surface area contributed by atoms with Gasteiger partial charge in [0.2, 0.25) is 5.95 Å². The van der Waals surface area contributed by atoms with Gasteiger partial charge in [-0.2, -0.15) is 4.39 Å². The molecule has 0 spiro atoms. The van der Waals surface area contributed by atoms with Crippen LogP contribution in [0.15, 0.2) is 18.3 Å². The summed E-state index contributed by atoms with van der Waals surface area (Å²) in [5.41, 5.74) is 0.221. The molecule has 0 saturated heterocycles. The van der Waals surface area contributed by atoms with Gasteiger partial charge in [0.25, 0.3) is 5.91 Å². The van der Waals surface area contributed by atoms with E-state index in [0.717, 1.165) is 12.3 Å². The first-order chi connectivity index (χ1) is 8.04. The monoisotopic (exact) mass is 240 g/mol. The van der Waals surface area contributed by atoms with E-state index < -0.39 is 17.8 Å². The van der Waals surface area contributed by atoms with E-state index in [-0.39, 0.29) is 18.7 Å². The van der Waals surface area contributed by atoms with E-state index in [9.17, 15) is 14.0 Å². The molecular formula is C11H13FN2O3. The SMILES string of the molecule is CCOC(=O)CN(C)C(=O)c1ccc(F)nc1. The number of likely N-dealkylation sites (N-methyl/N-ethyl adjacent to an activating group) is 1. The molecular weight excluding hydrogens is 227 g/mol. The van der Waals surface area contributed by atoms with Gasteiger partial charge in [0.1, 0.15) is 6.54 Å². The highest BCUT2D eigenvalue weighted by molar-refractivity contribution is 5.95. The van der Waals surface area contributed by atoms with E-state index in [1.165, 1.54) is 18.0 Å². The number of pyridine rings is 1. The topological polar surface area (TPSA) is 59.5 Å². The molecule has 0 aromatic carbocycles. The number of hydrogen-bond acceptors (Lipinski definition) is 4. The Kier molecular flexibility index (Phi) is 4.56. The van der Waals surface area contributed by atoms with Gasteiger partial charge in [0, 0.05) is 13.2 Å². The van der Waals surface area contributed by atoms with Crippen molar-refractivity contribution in [1.29, 1.82) is 0 Å². The largest absolute Gasteiger partial charge is 0.465 e. The van der Waals surface area contributed by atoms with E-state index >= 15 is 0 Å². The maximum absolute atomic E-state index is 12.6. The first-order valence-electron chi connectivity index (χ1n) is 5.07. The van der Waals surface area contributed by atoms with Crippen molar-refractivity contribution >= 4 is 11.9 Å². The van der Waals surface area contributed by atoms with E-state index in [1.807, 2.05) is 0 Å². The number of ether oxygens (including phenoxy) is 1. The lowest BCUT2D eigenvalue weighted by atomic mass is 10.2. The molecule has 0 N–H and O–H groups in total. The average Bonchev–Trinajstić information content (AvgIpc) is 2.29. The van der Waals surface area contributed by atoms with E-state index in [0.29, 0.717) is 0 Å². The second-order valence-electron chi connectivity index (χ2n) is 3.34. The summed E-state index contributed by atoms with van der Waals surface area (Å²) in [5.74, 6) is -1.56. The standard InChI is InChI=1S/C11H13FN2O3/c1-3-17-10(15)7-14(2)11(16)8-4-5-9(12)13-6-8/h4-6H,3,7H2,1-2H3. The average molecular weight is 240 g/mol. The Morgan fingerprint density at radius 3 is 2.71 bits per heavy atom. The molecule has 0 aliphatic rings. The van der Waals surface area contributed by atoms with Crippen LogP contribution in [0.5, 0.6) is 0 Å². The van der Waals surface area contributed by atoms with Crippen molar-refractivity contribution in [2.45, 2.75) is 6.92 Å². The Morgan fingerprint density at radius 2 is 2.18 bits per heavy atom. The number of carbonyl (C=O) groups excluding carboxylic acids is 2. The number of nitrogens with zero attached hydrogens (tertiary/aromatic N) is 2.